The summed E-state index contributed by atoms with van der Waals surface area (Å²) in [7, 11) is 1.59. The lowest BCUT2D eigenvalue weighted by Gasteiger charge is -2.27. The fourth-order valence-corrected chi connectivity index (χ4v) is 2.13. The third-order valence-electron chi connectivity index (χ3n) is 2.94. The highest BCUT2D eigenvalue weighted by Gasteiger charge is 2.31. The Hall–Kier alpha value is -0.980. The van der Waals surface area contributed by atoms with Gasteiger partial charge in [0.15, 0.2) is 0 Å². The number of hydrogen-bond donors (Lipinski definition) is 1. The van der Waals surface area contributed by atoms with Gasteiger partial charge in [-0.05, 0) is 24.6 Å². The van der Waals surface area contributed by atoms with E-state index in [2.05, 4.69) is 5.32 Å². The number of anilines is 1. The zero-order valence-corrected chi connectivity index (χ0v) is 12.9. The summed E-state index contributed by atoms with van der Waals surface area (Å²) in [5.74, 6) is 0. The van der Waals surface area contributed by atoms with E-state index in [4.69, 9.17) is 16.3 Å². The van der Waals surface area contributed by atoms with Gasteiger partial charge in [0.05, 0.1) is 6.61 Å². The van der Waals surface area contributed by atoms with E-state index in [1.165, 1.54) is 4.90 Å². The lowest BCUT2D eigenvalue weighted by molar-refractivity contribution is -0.119. The summed E-state index contributed by atoms with van der Waals surface area (Å²) in [6, 6.07) is 5.00. The number of rotatable bonds is 8. The molecule has 120 valence electrons. The van der Waals surface area contributed by atoms with Gasteiger partial charge in [-0.25, -0.2) is 0 Å². The van der Waals surface area contributed by atoms with Crippen molar-refractivity contribution in [3.63, 3.8) is 0 Å². The summed E-state index contributed by atoms with van der Waals surface area (Å²) in [6.07, 6.45) is -4.25. The molecule has 3 nitrogen and oxygen atoms in total. The molecule has 0 aliphatic rings. The Bertz CT molecular complexity index is 441. The van der Waals surface area contributed by atoms with Crippen LogP contribution in [-0.4, -0.2) is 39.5 Å². The number of ether oxygens (including phenoxy) is 1. The monoisotopic (exact) mass is 324 g/mol. The van der Waals surface area contributed by atoms with Gasteiger partial charge < -0.3 is 15.0 Å². The van der Waals surface area contributed by atoms with Crippen LogP contribution in [0.3, 0.4) is 0 Å². The first-order valence-electron chi connectivity index (χ1n) is 6.67. The Balaban J connectivity index is 2.88. The molecular formula is C14H20ClF3N2O. The first-order chi connectivity index (χ1) is 9.87. The summed E-state index contributed by atoms with van der Waals surface area (Å²) in [6.45, 7) is 2.59. The molecule has 0 bridgehead atoms. The molecule has 0 fully saturated rings. The van der Waals surface area contributed by atoms with Gasteiger partial charge >= 0.3 is 6.18 Å². The van der Waals surface area contributed by atoms with Crippen LogP contribution in [0.4, 0.5) is 18.9 Å². The Kier molecular flexibility index (Phi) is 7.28. The predicted molar refractivity (Wildman–Crippen MR) is 79.0 cm³/mol. The molecule has 7 heteroatoms. The molecule has 1 N–H and O–H groups in total. The zero-order valence-electron chi connectivity index (χ0n) is 12.1. The molecule has 1 aromatic rings. The maximum Gasteiger partial charge on any atom is 0.405 e. The van der Waals surface area contributed by atoms with Crippen LogP contribution in [0.2, 0.25) is 5.02 Å². The Morgan fingerprint density at radius 1 is 1.33 bits per heavy atom. The number of methoxy groups -OCH3 is 1. The average molecular weight is 325 g/mol. The summed E-state index contributed by atoms with van der Waals surface area (Å²) in [5.41, 5.74) is 1.29. The fraction of sp³-hybridized carbons (Fsp3) is 0.571. The van der Waals surface area contributed by atoms with Crippen LogP contribution in [0, 0.1) is 0 Å². The van der Waals surface area contributed by atoms with Gasteiger partial charge in [-0.15, -0.1) is 0 Å². The molecule has 0 aliphatic heterocycles. The van der Waals surface area contributed by atoms with Gasteiger partial charge in [0.2, 0.25) is 0 Å². The molecule has 0 aromatic heterocycles. The molecule has 1 rings (SSSR count). The van der Waals surface area contributed by atoms with Crippen molar-refractivity contribution in [2.75, 3.05) is 38.3 Å². The van der Waals surface area contributed by atoms with Crippen molar-refractivity contribution < 1.29 is 17.9 Å². The van der Waals surface area contributed by atoms with Gasteiger partial charge in [0, 0.05) is 37.5 Å². The number of nitrogens with one attached hydrogen (secondary N) is 1. The molecule has 0 saturated heterocycles. The largest absolute Gasteiger partial charge is 0.405 e. The molecule has 0 spiro atoms. The molecular weight excluding hydrogens is 305 g/mol. The van der Waals surface area contributed by atoms with Crippen molar-refractivity contribution in [3.05, 3.63) is 28.8 Å². The van der Waals surface area contributed by atoms with Crippen LogP contribution < -0.4 is 10.2 Å². The minimum absolute atomic E-state index is 0.255. The van der Waals surface area contributed by atoms with E-state index in [-0.39, 0.29) is 6.54 Å². The summed E-state index contributed by atoms with van der Waals surface area (Å²) < 4.78 is 42.9. The van der Waals surface area contributed by atoms with E-state index in [1.807, 2.05) is 0 Å². The maximum atomic E-state index is 12.7. The highest BCUT2D eigenvalue weighted by atomic mass is 35.5. The lowest BCUT2D eigenvalue weighted by atomic mass is 10.1. The summed E-state index contributed by atoms with van der Waals surface area (Å²) in [4.78, 5) is 1.28. The number of alkyl halides is 3. The van der Waals surface area contributed by atoms with Gasteiger partial charge in [-0.3, -0.25) is 0 Å². The lowest BCUT2D eigenvalue weighted by Crippen LogP contribution is -2.35. The van der Waals surface area contributed by atoms with Crippen LogP contribution in [0.25, 0.3) is 0 Å². The van der Waals surface area contributed by atoms with Crippen LogP contribution in [0.15, 0.2) is 18.2 Å². The third kappa shape index (κ3) is 6.54. The first kappa shape index (κ1) is 18.1. The second kappa shape index (κ2) is 8.46. The molecule has 21 heavy (non-hydrogen) atoms. The van der Waals surface area contributed by atoms with E-state index in [0.29, 0.717) is 30.4 Å². The van der Waals surface area contributed by atoms with Gasteiger partial charge in [0.25, 0.3) is 0 Å². The maximum absolute atomic E-state index is 12.7. The van der Waals surface area contributed by atoms with Crippen LogP contribution >= 0.6 is 11.6 Å². The predicted octanol–water partition coefficient (Wildman–Crippen LogP) is 3.46. The topological polar surface area (TPSA) is 24.5 Å². The molecule has 0 aliphatic carbocycles. The Labute approximate surface area is 128 Å². The van der Waals surface area contributed by atoms with E-state index in [1.54, 1.807) is 32.2 Å². The normalized spacial score (nSPS) is 11.7. The molecule has 0 radical (unpaired) electrons. The van der Waals surface area contributed by atoms with E-state index < -0.39 is 12.7 Å². The first-order valence-corrected chi connectivity index (χ1v) is 7.05. The van der Waals surface area contributed by atoms with Crippen molar-refractivity contribution in [2.24, 2.45) is 0 Å². The van der Waals surface area contributed by atoms with Gasteiger partial charge in [-0.1, -0.05) is 17.7 Å². The number of benzene rings is 1. The molecule has 0 amide bonds. The van der Waals surface area contributed by atoms with E-state index in [0.717, 1.165) is 5.56 Å². The Morgan fingerprint density at radius 2 is 2.05 bits per heavy atom. The minimum atomic E-state index is -4.25. The molecule has 0 heterocycles. The molecule has 1 aromatic carbocycles. The number of halogens is 4. The van der Waals surface area contributed by atoms with Gasteiger partial charge in [-0.2, -0.15) is 13.2 Å². The van der Waals surface area contributed by atoms with Crippen LogP contribution in [0.5, 0.6) is 0 Å². The number of hydrogen-bond acceptors (Lipinski definition) is 3. The van der Waals surface area contributed by atoms with Gasteiger partial charge in [0.1, 0.15) is 6.54 Å². The standard InChI is InChI=1S/C14H20ClF3N2O/c1-3-20(10-14(16,17)18)13-8-12(15)5-4-11(13)9-19-6-7-21-2/h4-5,8,19H,3,6-7,9-10H2,1-2H3. The second-order valence-electron chi connectivity index (χ2n) is 4.57. The van der Waals surface area contributed by atoms with Crippen LogP contribution in [-0.2, 0) is 11.3 Å². The minimum Gasteiger partial charge on any atom is -0.383 e. The van der Waals surface area contributed by atoms with Crippen molar-refractivity contribution in [3.8, 4) is 0 Å². The average Bonchev–Trinajstić information content (AvgIpc) is 2.41. The Morgan fingerprint density at radius 3 is 2.62 bits per heavy atom. The molecule has 0 unspecified atom stereocenters. The molecule has 0 saturated carbocycles. The van der Waals surface area contributed by atoms with Crippen LogP contribution in [0.1, 0.15) is 12.5 Å². The van der Waals surface area contributed by atoms with Crippen molar-refractivity contribution in [1.82, 2.24) is 5.32 Å². The van der Waals surface area contributed by atoms with E-state index in [9.17, 15) is 13.2 Å². The SMILES string of the molecule is CCN(CC(F)(F)F)c1cc(Cl)ccc1CNCCOC. The molecule has 0 atom stereocenters. The van der Waals surface area contributed by atoms with Crippen molar-refractivity contribution in [2.45, 2.75) is 19.6 Å². The van der Waals surface area contributed by atoms with E-state index >= 15 is 0 Å². The fourth-order valence-electron chi connectivity index (χ4n) is 1.96. The number of nitrogens with zero attached hydrogens (tertiary/aromatic N) is 1. The zero-order chi connectivity index (χ0) is 15.9. The highest BCUT2D eigenvalue weighted by molar-refractivity contribution is 6.30. The summed E-state index contributed by atoms with van der Waals surface area (Å²) >= 11 is 5.92. The summed E-state index contributed by atoms with van der Waals surface area (Å²) in [5, 5.41) is 3.55. The van der Waals surface area contributed by atoms with Crippen molar-refractivity contribution >= 4 is 17.3 Å². The second-order valence-corrected chi connectivity index (χ2v) is 5.01. The van der Waals surface area contributed by atoms with Crippen molar-refractivity contribution in [1.29, 1.82) is 0 Å². The smallest absolute Gasteiger partial charge is 0.383 e. The quantitative estimate of drug-likeness (QED) is 0.741. The third-order valence-corrected chi connectivity index (χ3v) is 3.17. The highest BCUT2D eigenvalue weighted by Crippen LogP contribution is 2.28.